The first kappa shape index (κ1) is 21.5. The lowest BCUT2D eigenvalue weighted by Gasteiger charge is -2.13. The van der Waals surface area contributed by atoms with E-state index in [4.69, 9.17) is 9.26 Å². The molecule has 0 amide bonds. The monoisotopic (exact) mass is 450 g/mol. The zero-order valence-electron chi connectivity index (χ0n) is 17.6. The first-order valence-electron chi connectivity index (χ1n) is 10.0. The second-order valence-electron chi connectivity index (χ2n) is 7.33. The largest absolute Gasteiger partial charge is 0.491 e. The van der Waals surface area contributed by atoms with Crippen LogP contribution < -0.4 is 9.46 Å². The Balaban J connectivity index is 1.53. The third-order valence-electron chi connectivity index (χ3n) is 4.50. The molecule has 4 aromatic rings. The molecule has 0 spiro atoms. The van der Waals surface area contributed by atoms with Crippen LogP contribution in [-0.2, 0) is 16.4 Å². The van der Waals surface area contributed by atoms with Gasteiger partial charge in [0.15, 0.2) is 0 Å². The molecule has 0 unspecified atom stereocenters. The zero-order chi connectivity index (χ0) is 22.6. The van der Waals surface area contributed by atoms with Gasteiger partial charge in [-0.05, 0) is 61.9 Å². The smallest absolute Gasteiger partial charge is 0.261 e. The number of nitrogens with zero attached hydrogens (tertiary/aromatic N) is 3. The van der Waals surface area contributed by atoms with Crippen molar-refractivity contribution in [1.82, 2.24) is 15.1 Å². The van der Waals surface area contributed by atoms with Gasteiger partial charge in [-0.1, -0.05) is 23.4 Å². The highest BCUT2D eigenvalue weighted by Gasteiger charge is 2.18. The summed E-state index contributed by atoms with van der Waals surface area (Å²) >= 11 is 0. The molecular formula is C23H22N4O4S. The highest BCUT2D eigenvalue weighted by atomic mass is 32.2. The molecule has 0 radical (unpaired) electrons. The van der Waals surface area contributed by atoms with Gasteiger partial charge < -0.3 is 9.26 Å². The van der Waals surface area contributed by atoms with E-state index < -0.39 is 10.0 Å². The van der Waals surface area contributed by atoms with Crippen LogP contribution in [0.5, 0.6) is 5.75 Å². The van der Waals surface area contributed by atoms with E-state index in [1.807, 2.05) is 32.0 Å². The van der Waals surface area contributed by atoms with Crippen molar-refractivity contribution in [3.63, 3.8) is 0 Å². The van der Waals surface area contributed by atoms with Gasteiger partial charge in [-0.15, -0.1) is 0 Å². The van der Waals surface area contributed by atoms with Crippen molar-refractivity contribution in [1.29, 1.82) is 0 Å². The Morgan fingerprint density at radius 2 is 1.81 bits per heavy atom. The Labute approximate surface area is 186 Å². The summed E-state index contributed by atoms with van der Waals surface area (Å²) in [5.41, 5.74) is 1.88. The summed E-state index contributed by atoms with van der Waals surface area (Å²) in [6.07, 6.45) is 3.59. The summed E-state index contributed by atoms with van der Waals surface area (Å²) < 4.78 is 39.4. The summed E-state index contributed by atoms with van der Waals surface area (Å²) in [6.45, 7) is 3.82. The first-order chi connectivity index (χ1) is 15.4. The molecule has 1 N–H and O–H groups in total. The highest BCUT2D eigenvalue weighted by Crippen LogP contribution is 2.24. The van der Waals surface area contributed by atoms with E-state index in [1.54, 1.807) is 42.7 Å². The number of hydrogen-bond donors (Lipinski definition) is 1. The van der Waals surface area contributed by atoms with Crippen molar-refractivity contribution in [3.8, 4) is 17.1 Å². The maximum Gasteiger partial charge on any atom is 0.261 e. The van der Waals surface area contributed by atoms with Crippen molar-refractivity contribution in [2.45, 2.75) is 31.3 Å². The molecule has 4 rings (SSSR count). The molecule has 2 heterocycles. The molecule has 32 heavy (non-hydrogen) atoms. The lowest BCUT2D eigenvalue weighted by Crippen LogP contribution is -2.14. The van der Waals surface area contributed by atoms with Crippen LogP contribution in [0.3, 0.4) is 0 Å². The number of pyridine rings is 1. The number of sulfonamides is 1. The highest BCUT2D eigenvalue weighted by molar-refractivity contribution is 7.92. The van der Waals surface area contributed by atoms with Gasteiger partial charge in [0.05, 0.1) is 23.1 Å². The topological polar surface area (TPSA) is 107 Å². The molecule has 9 heteroatoms. The summed E-state index contributed by atoms with van der Waals surface area (Å²) in [7, 11) is -3.79. The third kappa shape index (κ3) is 5.12. The number of anilines is 1. The van der Waals surface area contributed by atoms with E-state index in [0.29, 0.717) is 28.7 Å². The lowest BCUT2D eigenvalue weighted by atomic mass is 10.1. The Morgan fingerprint density at radius 3 is 2.53 bits per heavy atom. The number of benzene rings is 2. The van der Waals surface area contributed by atoms with Gasteiger partial charge in [-0.25, -0.2) is 8.42 Å². The molecule has 0 aliphatic heterocycles. The van der Waals surface area contributed by atoms with Crippen molar-refractivity contribution < 1.29 is 17.7 Å². The molecule has 164 valence electrons. The van der Waals surface area contributed by atoms with Crippen molar-refractivity contribution in [2.75, 3.05) is 4.72 Å². The fourth-order valence-electron chi connectivity index (χ4n) is 3.05. The van der Waals surface area contributed by atoms with Crippen molar-refractivity contribution in [2.24, 2.45) is 0 Å². The Morgan fingerprint density at radius 1 is 1.03 bits per heavy atom. The van der Waals surface area contributed by atoms with Crippen LogP contribution in [0.1, 0.15) is 25.3 Å². The van der Waals surface area contributed by atoms with Gasteiger partial charge in [0, 0.05) is 18.0 Å². The number of ether oxygens (including phenoxy) is 1. The maximum atomic E-state index is 12.9. The minimum Gasteiger partial charge on any atom is -0.491 e. The SMILES string of the molecule is CC(C)Oc1ccc(S(=O)(=O)Nc2ccccc2Cc2nc(-c3cccnc3)no2)cc1. The molecule has 2 aromatic heterocycles. The number of para-hydroxylation sites is 1. The third-order valence-corrected chi connectivity index (χ3v) is 5.88. The quantitative estimate of drug-likeness (QED) is 0.426. The second-order valence-corrected chi connectivity index (χ2v) is 9.01. The summed E-state index contributed by atoms with van der Waals surface area (Å²) in [4.78, 5) is 8.59. The van der Waals surface area contributed by atoms with E-state index in [2.05, 4.69) is 19.8 Å². The maximum absolute atomic E-state index is 12.9. The summed E-state index contributed by atoms with van der Waals surface area (Å²) in [6, 6.07) is 17.0. The molecule has 8 nitrogen and oxygen atoms in total. The molecule has 2 aromatic carbocycles. The second kappa shape index (κ2) is 9.19. The van der Waals surface area contributed by atoms with Crippen molar-refractivity contribution >= 4 is 15.7 Å². The summed E-state index contributed by atoms with van der Waals surface area (Å²) in [5, 5.41) is 3.99. The number of nitrogens with one attached hydrogen (secondary N) is 1. The van der Waals surface area contributed by atoms with Crippen LogP contribution in [0.15, 0.2) is 82.5 Å². The minimum absolute atomic E-state index is 0.00540. The van der Waals surface area contributed by atoms with Crippen LogP contribution in [0, 0.1) is 0 Å². The lowest BCUT2D eigenvalue weighted by molar-refractivity contribution is 0.242. The normalized spacial score (nSPS) is 11.5. The van der Waals surface area contributed by atoms with Gasteiger partial charge in [0.1, 0.15) is 5.75 Å². The number of hydrogen-bond acceptors (Lipinski definition) is 7. The summed E-state index contributed by atoms with van der Waals surface area (Å²) in [5.74, 6) is 1.40. The van der Waals surface area contributed by atoms with Gasteiger partial charge in [0.25, 0.3) is 10.0 Å². The molecule has 0 atom stereocenters. The zero-order valence-corrected chi connectivity index (χ0v) is 18.4. The van der Waals surface area contributed by atoms with Crippen LogP contribution in [0.25, 0.3) is 11.4 Å². The van der Waals surface area contributed by atoms with Gasteiger partial charge in [0.2, 0.25) is 11.7 Å². The van der Waals surface area contributed by atoms with E-state index in [9.17, 15) is 8.42 Å². The average Bonchev–Trinajstić information content (AvgIpc) is 3.24. The van der Waals surface area contributed by atoms with E-state index in [-0.39, 0.29) is 17.4 Å². The first-order valence-corrected chi connectivity index (χ1v) is 11.5. The Kier molecular flexibility index (Phi) is 6.18. The molecule has 0 aliphatic rings. The predicted molar refractivity (Wildman–Crippen MR) is 120 cm³/mol. The van der Waals surface area contributed by atoms with Crippen molar-refractivity contribution in [3.05, 3.63) is 84.5 Å². The van der Waals surface area contributed by atoms with Gasteiger partial charge in [-0.3, -0.25) is 9.71 Å². The Hall–Kier alpha value is -3.72. The van der Waals surface area contributed by atoms with Crippen LogP contribution in [0.4, 0.5) is 5.69 Å². The molecule has 0 saturated carbocycles. The molecule has 0 fully saturated rings. The number of rotatable bonds is 8. The number of aromatic nitrogens is 3. The van der Waals surface area contributed by atoms with E-state index >= 15 is 0 Å². The molecule has 0 bridgehead atoms. The Bertz CT molecular complexity index is 1290. The van der Waals surface area contributed by atoms with Gasteiger partial charge >= 0.3 is 0 Å². The molecule has 0 aliphatic carbocycles. The average molecular weight is 451 g/mol. The predicted octanol–water partition coefficient (Wildman–Crippen LogP) is 4.31. The van der Waals surface area contributed by atoms with Crippen LogP contribution in [0.2, 0.25) is 0 Å². The molecular weight excluding hydrogens is 428 g/mol. The minimum atomic E-state index is -3.79. The van der Waals surface area contributed by atoms with E-state index in [0.717, 1.165) is 5.56 Å². The molecule has 0 saturated heterocycles. The standard InChI is InChI=1S/C23H22N4O4S/c1-16(2)30-19-9-11-20(12-10-19)32(28,29)27-21-8-4-3-6-17(21)14-22-25-23(26-31-22)18-7-5-13-24-15-18/h3-13,15-16,27H,14H2,1-2H3. The van der Waals surface area contributed by atoms with Crippen LogP contribution in [-0.4, -0.2) is 29.6 Å². The van der Waals surface area contributed by atoms with E-state index in [1.165, 1.54) is 12.1 Å². The van der Waals surface area contributed by atoms with Gasteiger partial charge in [-0.2, -0.15) is 4.98 Å². The fourth-order valence-corrected chi connectivity index (χ4v) is 4.15. The fraction of sp³-hybridized carbons (Fsp3) is 0.174. The van der Waals surface area contributed by atoms with Crippen LogP contribution >= 0.6 is 0 Å².